The third-order valence-electron chi connectivity index (χ3n) is 5.64. The maximum atomic E-state index is 12.7. The van der Waals surface area contributed by atoms with Gasteiger partial charge < -0.3 is 4.90 Å². The summed E-state index contributed by atoms with van der Waals surface area (Å²) < 4.78 is 0. The molecule has 2 fully saturated rings. The molecule has 4 heteroatoms. The van der Waals surface area contributed by atoms with Crippen LogP contribution < -0.4 is 0 Å². The van der Waals surface area contributed by atoms with Crippen LogP contribution in [0.2, 0.25) is 0 Å². The number of carbonyl (C=O) groups is 1. The molecular weight excluding hydrogens is 310 g/mol. The molecule has 1 atom stereocenters. The van der Waals surface area contributed by atoms with Gasteiger partial charge in [-0.05, 0) is 50.8 Å². The maximum absolute atomic E-state index is 12.7. The quantitative estimate of drug-likeness (QED) is 0.690. The van der Waals surface area contributed by atoms with Crippen molar-refractivity contribution in [2.45, 2.75) is 45.7 Å². The molecule has 0 aromatic heterocycles. The molecule has 1 saturated heterocycles. The fourth-order valence-electron chi connectivity index (χ4n) is 3.98. The van der Waals surface area contributed by atoms with Gasteiger partial charge in [0.2, 0.25) is 5.91 Å². The summed E-state index contributed by atoms with van der Waals surface area (Å²) in [5.74, 6) is 0.932. The minimum Gasteiger partial charge on any atom is -0.342 e. The van der Waals surface area contributed by atoms with Crippen LogP contribution in [0.3, 0.4) is 0 Å². The summed E-state index contributed by atoms with van der Waals surface area (Å²) in [5, 5.41) is 0. The Labute approximate surface area is 152 Å². The number of hydrogen-bond donors (Lipinski definition) is 0. The lowest BCUT2D eigenvalue weighted by Crippen LogP contribution is -2.43. The summed E-state index contributed by atoms with van der Waals surface area (Å²) in [6, 6.07) is 11.4. The van der Waals surface area contributed by atoms with Crippen molar-refractivity contribution in [2.75, 3.05) is 39.3 Å². The number of benzene rings is 1. The van der Waals surface area contributed by atoms with Crippen molar-refractivity contribution < 1.29 is 4.79 Å². The first kappa shape index (κ1) is 18.4. The van der Waals surface area contributed by atoms with Gasteiger partial charge in [0.1, 0.15) is 0 Å². The normalized spacial score (nSPS) is 21.0. The number of nitrogens with zero attached hydrogens (tertiary/aromatic N) is 3. The minimum atomic E-state index is 0.317. The lowest BCUT2D eigenvalue weighted by Gasteiger charge is -2.28. The van der Waals surface area contributed by atoms with E-state index in [1.165, 1.54) is 24.8 Å². The molecule has 0 bridgehead atoms. The summed E-state index contributed by atoms with van der Waals surface area (Å²) >= 11 is 0. The van der Waals surface area contributed by atoms with Crippen molar-refractivity contribution in [2.24, 2.45) is 5.92 Å². The van der Waals surface area contributed by atoms with Gasteiger partial charge in [0, 0.05) is 32.2 Å². The monoisotopic (exact) mass is 343 g/mol. The van der Waals surface area contributed by atoms with Crippen molar-refractivity contribution in [3.8, 4) is 0 Å². The summed E-state index contributed by atoms with van der Waals surface area (Å²) in [6.07, 6.45) is 3.74. The van der Waals surface area contributed by atoms with E-state index in [2.05, 4.69) is 58.9 Å². The molecular formula is C21H33N3O. The highest BCUT2D eigenvalue weighted by atomic mass is 16.2. The first-order valence-electron chi connectivity index (χ1n) is 9.97. The number of hydrogen-bond acceptors (Lipinski definition) is 3. The highest BCUT2D eigenvalue weighted by molar-refractivity contribution is 5.78. The molecule has 1 aliphatic heterocycles. The van der Waals surface area contributed by atoms with Crippen LogP contribution in [0.1, 0.15) is 38.7 Å². The van der Waals surface area contributed by atoms with Crippen molar-refractivity contribution in [3.63, 3.8) is 0 Å². The van der Waals surface area contributed by atoms with Gasteiger partial charge in [-0.15, -0.1) is 0 Å². The Morgan fingerprint density at radius 1 is 1.12 bits per heavy atom. The zero-order chi connectivity index (χ0) is 17.6. The average Bonchev–Trinajstić information content (AvgIpc) is 3.39. The second kappa shape index (κ2) is 8.81. The standard InChI is InChI=1S/C21H33N3O/c1-3-23(20-10-11-20)17-21(25)24(4-2)16-19-12-13-22(15-19)14-18-8-6-5-7-9-18/h5-9,19-20H,3-4,10-17H2,1-2H3. The van der Waals surface area contributed by atoms with Gasteiger partial charge in [-0.2, -0.15) is 0 Å². The Balaban J connectivity index is 1.46. The van der Waals surface area contributed by atoms with Crippen LogP contribution in [0.5, 0.6) is 0 Å². The first-order valence-corrected chi connectivity index (χ1v) is 9.97. The van der Waals surface area contributed by atoms with E-state index in [-0.39, 0.29) is 0 Å². The summed E-state index contributed by atoms with van der Waals surface area (Å²) in [5.41, 5.74) is 1.38. The van der Waals surface area contributed by atoms with Crippen LogP contribution >= 0.6 is 0 Å². The van der Waals surface area contributed by atoms with Crippen LogP contribution in [0.15, 0.2) is 30.3 Å². The number of rotatable bonds is 9. The largest absolute Gasteiger partial charge is 0.342 e. The van der Waals surface area contributed by atoms with E-state index in [0.29, 0.717) is 24.4 Å². The average molecular weight is 344 g/mol. The SMILES string of the molecule is CCN(CC1CCN(Cc2ccccc2)C1)C(=O)CN(CC)C1CC1. The van der Waals surface area contributed by atoms with Gasteiger partial charge in [-0.3, -0.25) is 14.6 Å². The van der Waals surface area contributed by atoms with E-state index in [9.17, 15) is 4.79 Å². The Bertz CT molecular complexity index is 543. The molecule has 1 aromatic rings. The Kier molecular flexibility index (Phi) is 6.49. The summed E-state index contributed by atoms with van der Waals surface area (Å²) in [4.78, 5) is 19.7. The zero-order valence-corrected chi connectivity index (χ0v) is 15.9. The molecule has 1 aromatic carbocycles. The Morgan fingerprint density at radius 2 is 1.88 bits per heavy atom. The predicted octanol–water partition coefficient (Wildman–Crippen LogP) is 2.84. The molecule has 0 N–H and O–H groups in total. The number of amides is 1. The van der Waals surface area contributed by atoms with Gasteiger partial charge >= 0.3 is 0 Å². The Hall–Kier alpha value is -1.39. The van der Waals surface area contributed by atoms with Crippen molar-refractivity contribution >= 4 is 5.91 Å². The molecule has 1 amide bonds. The lowest BCUT2D eigenvalue weighted by molar-refractivity contribution is -0.133. The van der Waals surface area contributed by atoms with Gasteiger partial charge in [-0.1, -0.05) is 37.3 Å². The molecule has 0 spiro atoms. The molecule has 1 aliphatic carbocycles. The summed E-state index contributed by atoms with van der Waals surface area (Å²) in [6.45, 7) is 10.9. The Morgan fingerprint density at radius 3 is 2.52 bits per heavy atom. The van der Waals surface area contributed by atoms with E-state index in [1.807, 2.05) is 0 Å². The molecule has 3 rings (SSSR count). The van der Waals surface area contributed by atoms with E-state index in [1.54, 1.807) is 0 Å². The number of likely N-dealkylation sites (N-methyl/N-ethyl adjacent to an activating group) is 2. The lowest BCUT2D eigenvalue weighted by atomic mass is 10.1. The van der Waals surface area contributed by atoms with Crippen LogP contribution in [0.4, 0.5) is 0 Å². The second-order valence-electron chi connectivity index (χ2n) is 7.60. The smallest absolute Gasteiger partial charge is 0.236 e. The van der Waals surface area contributed by atoms with E-state index in [0.717, 1.165) is 39.3 Å². The molecule has 4 nitrogen and oxygen atoms in total. The van der Waals surface area contributed by atoms with E-state index < -0.39 is 0 Å². The van der Waals surface area contributed by atoms with Gasteiger partial charge in [0.15, 0.2) is 0 Å². The molecule has 138 valence electrons. The fraction of sp³-hybridized carbons (Fsp3) is 0.667. The van der Waals surface area contributed by atoms with Crippen molar-refractivity contribution in [3.05, 3.63) is 35.9 Å². The minimum absolute atomic E-state index is 0.317. The van der Waals surface area contributed by atoms with Crippen molar-refractivity contribution in [1.29, 1.82) is 0 Å². The van der Waals surface area contributed by atoms with Crippen LogP contribution in [-0.2, 0) is 11.3 Å². The molecule has 0 radical (unpaired) electrons. The van der Waals surface area contributed by atoms with Gasteiger partial charge in [0.25, 0.3) is 0 Å². The topological polar surface area (TPSA) is 26.8 Å². The second-order valence-corrected chi connectivity index (χ2v) is 7.60. The highest BCUT2D eigenvalue weighted by Crippen LogP contribution is 2.26. The van der Waals surface area contributed by atoms with E-state index >= 15 is 0 Å². The highest BCUT2D eigenvalue weighted by Gasteiger charge is 2.31. The van der Waals surface area contributed by atoms with Crippen LogP contribution in [-0.4, -0.2) is 65.9 Å². The van der Waals surface area contributed by atoms with E-state index in [4.69, 9.17) is 0 Å². The maximum Gasteiger partial charge on any atom is 0.236 e. The van der Waals surface area contributed by atoms with Crippen LogP contribution in [0, 0.1) is 5.92 Å². The van der Waals surface area contributed by atoms with Crippen LogP contribution in [0.25, 0.3) is 0 Å². The zero-order valence-electron chi connectivity index (χ0n) is 15.9. The fourth-order valence-corrected chi connectivity index (χ4v) is 3.98. The van der Waals surface area contributed by atoms with Gasteiger partial charge in [0.05, 0.1) is 6.54 Å². The molecule has 1 unspecified atom stereocenters. The molecule has 1 saturated carbocycles. The molecule has 2 aliphatic rings. The summed E-state index contributed by atoms with van der Waals surface area (Å²) in [7, 11) is 0. The third kappa shape index (κ3) is 5.29. The first-order chi connectivity index (χ1) is 12.2. The number of carbonyl (C=O) groups excluding carboxylic acids is 1. The van der Waals surface area contributed by atoms with Crippen molar-refractivity contribution in [1.82, 2.24) is 14.7 Å². The third-order valence-corrected chi connectivity index (χ3v) is 5.64. The predicted molar refractivity (Wildman–Crippen MR) is 102 cm³/mol. The molecule has 25 heavy (non-hydrogen) atoms. The number of likely N-dealkylation sites (tertiary alicyclic amines) is 1. The van der Waals surface area contributed by atoms with Gasteiger partial charge in [-0.25, -0.2) is 0 Å². The molecule has 1 heterocycles.